The number of hydrogen-bond donors (Lipinski definition) is 1. The average molecular weight is 241 g/mol. The second-order valence-corrected chi connectivity index (χ2v) is 3.75. The molecule has 2 heterocycles. The Morgan fingerprint density at radius 2 is 2.44 bits per heavy atom. The van der Waals surface area contributed by atoms with E-state index in [4.69, 9.17) is 21.1 Å². The number of nitrogens with zero attached hydrogens (tertiary/aromatic N) is 2. The minimum atomic E-state index is -1.09. The smallest absolute Gasteiger partial charge is 0.372 e. The molecule has 0 saturated heterocycles. The summed E-state index contributed by atoms with van der Waals surface area (Å²) in [7, 11) is 0. The normalized spacial score (nSPS) is 10.6. The lowest BCUT2D eigenvalue weighted by Gasteiger charge is -1.99. The van der Waals surface area contributed by atoms with Crippen molar-refractivity contribution in [2.45, 2.75) is 13.5 Å². The van der Waals surface area contributed by atoms with Gasteiger partial charge in [0.1, 0.15) is 0 Å². The number of aromatic carboxylic acids is 1. The van der Waals surface area contributed by atoms with E-state index in [2.05, 4.69) is 5.10 Å². The van der Waals surface area contributed by atoms with Crippen molar-refractivity contribution in [3.8, 4) is 0 Å². The Kier molecular flexibility index (Phi) is 2.70. The fourth-order valence-electron chi connectivity index (χ4n) is 1.40. The van der Waals surface area contributed by atoms with Crippen LogP contribution in [0.1, 0.15) is 21.8 Å². The van der Waals surface area contributed by atoms with Gasteiger partial charge in [-0.2, -0.15) is 5.10 Å². The second kappa shape index (κ2) is 4.02. The molecule has 1 N–H and O–H groups in total. The van der Waals surface area contributed by atoms with Crippen molar-refractivity contribution in [3.63, 3.8) is 0 Å². The first kappa shape index (κ1) is 10.8. The summed E-state index contributed by atoms with van der Waals surface area (Å²) < 4.78 is 6.44. The molecule has 6 heteroatoms. The van der Waals surface area contributed by atoms with Crippen molar-refractivity contribution in [2.24, 2.45) is 0 Å². The molecule has 0 aromatic carbocycles. The van der Waals surface area contributed by atoms with E-state index in [1.54, 1.807) is 23.9 Å². The Labute approximate surface area is 96.2 Å². The molecule has 0 bridgehead atoms. The van der Waals surface area contributed by atoms with E-state index in [-0.39, 0.29) is 5.76 Å². The van der Waals surface area contributed by atoms with Crippen LogP contribution in [0.4, 0.5) is 0 Å². The first-order valence-corrected chi connectivity index (χ1v) is 4.95. The molecular formula is C10H9ClN2O3. The average Bonchev–Trinajstić information content (AvgIpc) is 2.75. The number of rotatable bonds is 3. The zero-order valence-corrected chi connectivity index (χ0v) is 9.23. The number of carboxylic acid groups (broad SMARTS) is 1. The number of hydrogen-bond acceptors (Lipinski definition) is 3. The van der Waals surface area contributed by atoms with Gasteiger partial charge in [-0.3, -0.25) is 4.68 Å². The van der Waals surface area contributed by atoms with Crippen LogP contribution in [0.2, 0.25) is 5.02 Å². The summed E-state index contributed by atoms with van der Waals surface area (Å²) in [5.74, 6) is -1.15. The van der Waals surface area contributed by atoms with Gasteiger partial charge in [0, 0.05) is 11.8 Å². The monoisotopic (exact) mass is 240 g/mol. The van der Waals surface area contributed by atoms with Crippen molar-refractivity contribution >= 4 is 17.6 Å². The molecule has 0 radical (unpaired) electrons. The molecule has 0 fully saturated rings. The molecule has 2 aromatic rings. The highest BCUT2D eigenvalue weighted by Gasteiger charge is 2.14. The molecule has 16 heavy (non-hydrogen) atoms. The van der Waals surface area contributed by atoms with Crippen molar-refractivity contribution in [1.82, 2.24) is 9.78 Å². The highest BCUT2D eigenvalue weighted by atomic mass is 35.5. The Bertz CT molecular complexity index is 510. The molecule has 0 spiro atoms. The summed E-state index contributed by atoms with van der Waals surface area (Å²) in [4.78, 5) is 10.8. The Balaban J connectivity index is 2.27. The molecule has 0 aliphatic rings. The number of carboxylic acids is 1. The van der Waals surface area contributed by atoms with Crippen molar-refractivity contribution in [1.29, 1.82) is 0 Å². The lowest BCUT2D eigenvalue weighted by atomic mass is 10.2. The van der Waals surface area contributed by atoms with Gasteiger partial charge in [0.05, 0.1) is 23.5 Å². The van der Waals surface area contributed by atoms with Gasteiger partial charge < -0.3 is 9.52 Å². The van der Waals surface area contributed by atoms with E-state index in [0.29, 0.717) is 22.8 Å². The van der Waals surface area contributed by atoms with Gasteiger partial charge in [-0.25, -0.2) is 4.79 Å². The maximum absolute atomic E-state index is 10.8. The van der Waals surface area contributed by atoms with Crippen LogP contribution in [0.3, 0.4) is 0 Å². The second-order valence-electron chi connectivity index (χ2n) is 3.34. The molecular weight excluding hydrogens is 232 g/mol. The van der Waals surface area contributed by atoms with Crippen LogP contribution in [0, 0.1) is 6.92 Å². The van der Waals surface area contributed by atoms with E-state index < -0.39 is 5.97 Å². The summed E-state index contributed by atoms with van der Waals surface area (Å²) in [5.41, 5.74) is 1.27. The molecule has 0 amide bonds. The highest BCUT2D eigenvalue weighted by Crippen LogP contribution is 2.16. The van der Waals surface area contributed by atoms with E-state index in [1.807, 2.05) is 0 Å². The minimum Gasteiger partial charge on any atom is -0.475 e. The Morgan fingerprint density at radius 3 is 3.00 bits per heavy atom. The molecule has 84 valence electrons. The quantitative estimate of drug-likeness (QED) is 0.893. The van der Waals surface area contributed by atoms with Crippen LogP contribution in [-0.2, 0) is 6.54 Å². The number of aryl methyl sites for hydroxylation is 1. The third-order valence-corrected chi connectivity index (χ3v) is 2.53. The number of aromatic nitrogens is 2. The highest BCUT2D eigenvalue weighted by molar-refractivity contribution is 6.31. The van der Waals surface area contributed by atoms with Crippen LogP contribution in [-0.4, -0.2) is 20.9 Å². The van der Waals surface area contributed by atoms with E-state index in [1.165, 1.54) is 6.26 Å². The van der Waals surface area contributed by atoms with Gasteiger partial charge in [0.25, 0.3) is 0 Å². The van der Waals surface area contributed by atoms with Crippen molar-refractivity contribution in [3.05, 3.63) is 40.6 Å². The predicted octanol–water partition coefficient (Wildman–Crippen LogP) is 2.18. The van der Waals surface area contributed by atoms with Gasteiger partial charge >= 0.3 is 5.97 Å². The van der Waals surface area contributed by atoms with Crippen molar-refractivity contribution in [2.75, 3.05) is 0 Å². The fraction of sp³-hybridized carbons (Fsp3) is 0.200. The first-order chi connectivity index (χ1) is 7.58. The van der Waals surface area contributed by atoms with E-state index in [0.717, 1.165) is 0 Å². The van der Waals surface area contributed by atoms with Gasteiger partial charge in [-0.1, -0.05) is 11.6 Å². The van der Waals surface area contributed by atoms with Crippen LogP contribution < -0.4 is 0 Å². The zero-order valence-electron chi connectivity index (χ0n) is 8.48. The number of carbonyl (C=O) groups is 1. The SMILES string of the molecule is Cc1nn(Cc2ccoc2C(=O)O)cc1Cl. The minimum absolute atomic E-state index is 0.0655. The topological polar surface area (TPSA) is 68.3 Å². The molecule has 0 atom stereocenters. The van der Waals surface area contributed by atoms with Gasteiger partial charge in [-0.15, -0.1) is 0 Å². The van der Waals surface area contributed by atoms with Crippen LogP contribution >= 0.6 is 11.6 Å². The van der Waals surface area contributed by atoms with E-state index >= 15 is 0 Å². The molecule has 0 unspecified atom stereocenters. The Morgan fingerprint density at radius 1 is 1.69 bits per heavy atom. The van der Waals surface area contributed by atoms with Gasteiger partial charge in [0.2, 0.25) is 5.76 Å². The third kappa shape index (κ3) is 1.94. The maximum atomic E-state index is 10.8. The molecule has 2 aromatic heterocycles. The van der Waals surface area contributed by atoms with E-state index in [9.17, 15) is 4.79 Å². The molecule has 0 aliphatic heterocycles. The van der Waals surface area contributed by atoms with Crippen LogP contribution in [0.15, 0.2) is 22.9 Å². The summed E-state index contributed by atoms with van der Waals surface area (Å²) in [6.07, 6.45) is 2.99. The predicted molar refractivity (Wildman–Crippen MR) is 56.7 cm³/mol. The zero-order chi connectivity index (χ0) is 11.7. The summed E-state index contributed by atoms with van der Waals surface area (Å²) >= 11 is 5.85. The first-order valence-electron chi connectivity index (χ1n) is 4.57. The maximum Gasteiger partial charge on any atom is 0.372 e. The Hall–Kier alpha value is -1.75. The van der Waals surface area contributed by atoms with Crippen LogP contribution in [0.5, 0.6) is 0 Å². The summed E-state index contributed by atoms with van der Waals surface area (Å²) in [6.45, 7) is 2.11. The van der Waals surface area contributed by atoms with Gasteiger partial charge in [0.15, 0.2) is 0 Å². The third-order valence-electron chi connectivity index (χ3n) is 2.16. The van der Waals surface area contributed by atoms with Gasteiger partial charge in [-0.05, 0) is 13.0 Å². The molecule has 0 aliphatic carbocycles. The van der Waals surface area contributed by atoms with Crippen molar-refractivity contribution < 1.29 is 14.3 Å². The largest absolute Gasteiger partial charge is 0.475 e. The standard InChI is InChI=1S/C10H9ClN2O3/c1-6-8(11)5-13(12-6)4-7-2-3-16-9(7)10(14)15/h2-3,5H,4H2,1H3,(H,14,15). The number of halogens is 1. The molecule has 5 nitrogen and oxygen atoms in total. The van der Waals surface area contributed by atoms with Crippen LogP contribution in [0.25, 0.3) is 0 Å². The molecule has 2 rings (SSSR count). The fourth-order valence-corrected chi connectivity index (χ4v) is 1.55. The lowest BCUT2D eigenvalue weighted by Crippen LogP contribution is -2.05. The molecule has 0 saturated carbocycles. The lowest BCUT2D eigenvalue weighted by molar-refractivity contribution is 0.0660. The summed E-state index contributed by atoms with van der Waals surface area (Å²) in [6, 6.07) is 1.61. The number of furan rings is 1. The summed E-state index contributed by atoms with van der Waals surface area (Å²) in [5, 5.41) is 13.5.